The molecule has 1 aromatic heterocycles. The van der Waals surface area contributed by atoms with Gasteiger partial charge in [-0.1, -0.05) is 126 Å². The number of hydrogen-bond donors (Lipinski definition) is 0. The SMILES string of the molecule is CCCCCCCCCCCCCCCCC[C@@H]1OC[C@@H](COC(=O)CCCC[n+]2ccsc2)O1.Cc1ccc(S(=O)(=O)[O-])cc1. The highest BCUT2D eigenvalue weighted by Crippen LogP contribution is 2.19. The van der Waals surface area contributed by atoms with Gasteiger partial charge in [-0.2, -0.15) is 4.57 Å². The highest BCUT2D eigenvalue weighted by Gasteiger charge is 2.26. The van der Waals surface area contributed by atoms with Gasteiger partial charge in [-0.3, -0.25) is 4.79 Å². The Kier molecular flexibility index (Phi) is 22.1. The first-order valence-electron chi connectivity index (χ1n) is 17.6. The molecule has 0 saturated carbocycles. The predicted octanol–water partition coefficient (Wildman–Crippen LogP) is 8.65. The van der Waals surface area contributed by atoms with Crippen LogP contribution in [-0.4, -0.2) is 44.5 Å². The van der Waals surface area contributed by atoms with Crippen LogP contribution in [0.1, 0.15) is 134 Å². The van der Waals surface area contributed by atoms with E-state index in [-0.39, 0.29) is 23.3 Å². The molecule has 1 fully saturated rings. The minimum atomic E-state index is -4.27. The standard InChI is InChI=1S/C29H52NO4S.C7H8O3S/c1-2-3-4-5-6-7-8-9-10-11-12-13-14-15-16-20-29-33-25-27(34-29)24-32-28(31)19-17-18-21-30-22-23-35-26-30;1-6-2-4-7(5-3-6)11(8,9)10/h22-23,26-27,29H,2-21,24-25H2,1H3;2-5H,1H3,(H,8,9,10)/q+1;/p-1/t27-,29-;/m1./s1. The zero-order valence-electron chi connectivity index (χ0n) is 28.4. The molecule has 0 unspecified atom stereocenters. The molecular formula is C36H59NO7S2. The van der Waals surface area contributed by atoms with Crippen LogP contribution in [-0.2, 0) is 35.7 Å². The van der Waals surface area contributed by atoms with Gasteiger partial charge in [-0.05, 0) is 38.3 Å². The molecule has 0 N–H and O–H groups in total. The van der Waals surface area contributed by atoms with Gasteiger partial charge in [0.15, 0.2) is 12.5 Å². The maximum absolute atomic E-state index is 11.9. The average molecular weight is 682 g/mol. The molecular weight excluding hydrogens is 623 g/mol. The van der Waals surface area contributed by atoms with Crippen LogP contribution in [0.3, 0.4) is 0 Å². The highest BCUT2D eigenvalue weighted by atomic mass is 32.2. The van der Waals surface area contributed by atoms with Crippen LogP contribution in [0.5, 0.6) is 0 Å². The molecule has 8 nitrogen and oxygen atoms in total. The maximum atomic E-state index is 11.9. The quantitative estimate of drug-likeness (QED) is 0.0473. The van der Waals surface area contributed by atoms with E-state index in [1.807, 2.05) is 6.92 Å². The molecule has 1 aromatic carbocycles. The van der Waals surface area contributed by atoms with Crippen molar-refractivity contribution in [2.45, 2.75) is 160 Å². The Morgan fingerprint density at radius 1 is 0.891 bits per heavy atom. The summed E-state index contributed by atoms with van der Waals surface area (Å²) in [6, 6.07) is 5.78. The van der Waals surface area contributed by atoms with Gasteiger partial charge in [0, 0.05) is 12.8 Å². The van der Waals surface area contributed by atoms with Crippen molar-refractivity contribution in [2.75, 3.05) is 13.2 Å². The summed E-state index contributed by atoms with van der Waals surface area (Å²) < 4.78 is 50.4. The van der Waals surface area contributed by atoms with E-state index in [2.05, 4.69) is 28.6 Å². The Bertz CT molecular complexity index is 1120. The molecule has 3 rings (SSSR count). The molecule has 0 spiro atoms. The number of aryl methyl sites for hydroxylation is 2. The number of unbranched alkanes of at least 4 members (excludes halogenated alkanes) is 15. The third kappa shape index (κ3) is 20.4. The van der Waals surface area contributed by atoms with Crippen molar-refractivity contribution in [1.82, 2.24) is 0 Å². The highest BCUT2D eigenvalue weighted by molar-refractivity contribution is 7.85. The van der Waals surface area contributed by atoms with Crippen molar-refractivity contribution < 1.29 is 36.5 Å². The smallest absolute Gasteiger partial charge is 0.305 e. The molecule has 0 radical (unpaired) electrons. The van der Waals surface area contributed by atoms with E-state index in [0.29, 0.717) is 19.6 Å². The van der Waals surface area contributed by atoms with Crippen LogP contribution < -0.4 is 4.57 Å². The van der Waals surface area contributed by atoms with Gasteiger partial charge >= 0.3 is 5.97 Å². The first-order valence-corrected chi connectivity index (χ1v) is 20.0. The van der Waals surface area contributed by atoms with Crippen molar-refractivity contribution >= 4 is 27.4 Å². The number of rotatable bonds is 24. The zero-order chi connectivity index (χ0) is 33.3. The Labute approximate surface area is 283 Å². The number of benzene rings is 1. The molecule has 1 saturated heterocycles. The monoisotopic (exact) mass is 681 g/mol. The van der Waals surface area contributed by atoms with Crippen LogP contribution >= 0.6 is 11.3 Å². The first kappa shape index (κ1) is 40.3. The van der Waals surface area contributed by atoms with E-state index < -0.39 is 10.1 Å². The number of thiazole rings is 1. The van der Waals surface area contributed by atoms with Gasteiger partial charge in [-0.15, -0.1) is 0 Å². The fraction of sp³-hybridized carbons (Fsp3) is 0.722. The predicted molar refractivity (Wildman–Crippen MR) is 183 cm³/mol. The molecule has 46 heavy (non-hydrogen) atoms. The summed E-state index contributed by atoms with van der Waals surface area (Å²) in [5.74, 6) is -0.130. The lowest BCUT2D eigenvalue weighted by atomic mass is 10.0. The van der Waals surface area contributed by atoms with Crippen LogP contribution in [0.4, 0.5) is 0 Å². The number of carbonyl (C=O) groups excluding carboxylic acids is 1. The average Bonchev–Trinajstić information content (AvgIpc) is 3.73. The molecule has 0 aliphatic carbocycles. The topological polar surface area (TPSA) is 106 Å². The summed E-state index contributed by atoms with van der Waals surface area (Å²) in [4.78, 5) is 11.8. The summed E-state index contributed by atoms with van der Waals surface area (Å²) in [5.41, 5.74) is 3.02. The molecule has 2 heterocycles. The van der Waals surface area contributed by atoms with Crippen molar-refractivity contribution in [3.8, 4) is 0 Å². The number of hydrogen-bond acceptors (Lipinski definition) is 8. The molecule has 2 atom stereocenters. The zero-order valence-corrected chi connectivity index (χ0v) is 30.0. The minimum Gasteiger partial charge on any atom is -0.744 e. The van der Waals surface area contributed by atoms with Crippen molar-refractivity contribution in [2.24, 2.45) is 0 Å². The van der Waals surface area contributed by atoms with E-state index in [0.717, 1.165) is 37.8 Å². The van der Waals surface area contributed by atoms with Crippen LogP contribution in [0.2, 0.25) is 0 Å². The molecule has 0 bridgehead atoms. The number of esters is 1. The number of carbonyl (C=O) groups is 1. The van der Waals surface area contributed by atoms with Crippen LogP contribution in [0.15, 0.2) is 46.2 Å². The fourth-order valence-electron chi connectivity index (χ4n) is 5.34. The second-order valence-corrected chi connectivity index (χ2v) is 14.6. The second-order valence-electron chi connectivity index (χ2n) is 12.4. The third-order valence-electron chi connectivity index (χ3n) is 8.17. The van der Waals surface area contributed by atoms with E-state index in [1.165, 1.54) is 102 Å². The van der Waals surface area contributed by atoms with E-state index in [9.17, 15) is 17.8 Å². The maximum Gasteiger partial charge on any atom is 0.305 e. The number of nitrogens with zero attached hydrogens (tertiary/aromatic N) is 1. The van der Waals surface area contributed by atoms with Crippen molar-refractivity contribution in [3.63, 3.8) is 0 Å². The van der Waals surface area contributed by atoms with Gasteiger partial charge in [-0.25, -0.2) is 8.42 Å². The van der Waals surface area contributed by atoms with Gasteiger partial charge in [0.1, 0.15) is 29.4 Å². The molecule has 262 valence electrons. The van der Waals surface area contributed by atoms with Gasteiger partial charge in [0.2, 0.25) is 5.51 Å². The van der Waals surface area contributed by atoms with Gasteiger partial charge < -0.3 is 18.8 Å². The fourth-order valence-corrected chi connectivity index (χ4v) is 6.44. The largest absolute Gasteiger partial charge is 0.744 e. The Morgan fingerprint density at radius 2 is 1.48 bits per heavy atom. The lowest BCUT2D eigenvalue weighted by Crippen LogP contribution is -2.29. The van der Waals surface area contributed by atoms with Crippen LogP contribution in [0.25, 0.3) is 0 Å². The summed E-state index contributed by atoms with van der Waals surface area (Å²) >= 11 is 1.69. The van der Waals surface area contributed by atoms with Gasteiger partial charge in [0.25, 0.3) is 0 Å². The summed E-state index contributed by atoms with van der Waals surface area (Å²) in [6.07, 6.45) is 25.7. The number of ether oxygens (including phenoxy) is 3. The molecule has 0 amide bonds. The number of aromatic nitrogens is 1. The molecule has 2 aromatic rings. The van der Waals surface area contributed by atoms with E-state index in [4.69, 9.17) is 14.2 Å². The molecule has 10 heteroatoms. The van der Waals surface area contributed by atoms with Crippen molar-refractivity contribution in [3.05, 3.63) is 46.9 Å². The Balaban J connectivity index is 0.000000562. The summed E-state index contributed by atoms with van der Waals surface area (Å²) in [6.45, 7) is 5.91. The van der Waals surface area contributed by atoms with E-state index in [1.54, 1.807) is 23.5 Å². The Hall–Kier alpha value is -1.85. The Morgan fingerprint density at radius 3 is 2.02 bits per heavy atom. The van der Waals surface area contributed by atoms with Crippen molar-refractivity contribution in [1.29, 1.82) is 0 Å². The summed E-state index contributed by atoms with van der Waals surface area (Å²) in [7, 11) is -4.27. The van der Waals surface area contributed by atoms with E-state index >= 15 is 0 Å². The lowest BCUT2D eigenvalue weighted by Gasteiger charge is -2.12. The molecule has 1 aliphatic rings. The second kappa shape index (κ2) is 25.2. The normalized spacial score (nSPS) is 16.2. The van der Waals surface area contributed by atoms with Gasteiger partial charge in [0.05, 0.1) is 16.9 Å². The minimum absolute atomic E-state index is 0.110. The summed E-state index contributed by atoms with van der Waals surface area (Å²) in [5, 5.41) is 2.06. The molecule has 1 aliphatic heterocycles. The first-order chi connectivity index (χ1) is 22.3. The third-order valence-corrected chi connectivity index (χ3v) is 9.69. The lowest BCUT2D eigenvalue weighted by molar-refractivity contribution is -0.692. The van der Waals surface area contributed by atoms with Crippen LogP contribution in [0, 0.1) is 6.92 Å².